The molecule has 0 aliphatic rings. The average molecular weight is 496 g/mol. The molecule has 0 fully saturated rings. The summed E-state index contributed by atoms with van der Waals surface area (Å²) in [5.41, 5.74) is 12.0. The van der Waals surface area contributed by atoms with Crippen molar-refractivity contribution < 1.29 is 19.8 Å². The molecule has 4 rings (SSSR count). The zero-order valence-electron chi connectivity index (χ0n) is 21.4. The zero-order chi connectivity index (χ0) is 27.0. The van der Waals surface area contributed by atoms with Gasteiger partial charge in [-0.15, -0.1) is 0 Å². The van der Waals surface area contributed by atoms with Crippen molar-refractivity contribution in [2.75, 3.05) is 0 Å². The number of carbonyl (C=O) groups excluding carboxylic acids is 1. The Kier molecular flexibility index (Phi) is 8.86. The van der Waals surface area contributed by atoms with Crippen molar-refractivity contribution in [1.29, 1.82) is 0 Å². The molecule has 5 heteroatoms. The first-order valence-electron chi connectivity index (χ1n) is 12.1. The quantitative estimate of drug-likeness (QED) is 0.273. The van der Waals surface area contributed by atoms with Crippen molar-refractivity contribution in [3.8, 4) is 28.0 Å². The van der Waals surface area contributed by atoms with Crippen molar-refractivity contribution in [1.82, 2.24) is 0 Å². The fraction of sp³-hybridized carbons (Fsp3) is 0.188. The zero-order valence-corrected chi connectivity index (χ0v) is 21.4. The monoisotopic (exact) mass is 495 g/mol. The van der Waals surface area contributed by atoms with Crippen LogP contribution in [-0.2, 0) is 16.6 Å². The smallest absolute Gasteiger partial charge is 0.303 e. The molecule has 0 aromatic heterocycles. The molecular weight excluding hydrogens is 462 g/mol. The maximum absolute atomic E-state index is 11.3. The van der Waals surface area contributed by atoms with E-state index in [1.54, 1.807) is 12.1 Å². The van der Waals surface area contributed by atoms with Gasteiger partial charge in [-0.2, -0.15) is 0 Å². The highest BCUT2D eigenvalue weighted by molar-refractivity contribution is 5.96. The van der Waals surface area contributed by atoms with Gasteiger partial charge in [0, 0.05) is 6.42 Å². The minimum absolute atomic E-state index is 0.0902. The third kappa shape index (κ3) is 7.80. The van der Waals surface area contributed by atoms with E-state index < -0.39 is 11.9 Å². The lowest BCUT2D eigenvalue weighted by atomic mass is 9.86. The molecule has 37 heavy (non-hydrogen) atoms. The van der Waals surface area contributed by atoms with Gasteiger partial charge in [0.1, 0.15) is 5.75 Å². The summed E-state index contributed by atoms with van der Waals surface area (Å²) in [5.74, 6) is -1.47. The summed E-state index contributed by atoms with van der Waals surface area (Å²) in [5, 5.41) is 18.2. The van der Waals surface area contributed by atoms with Gasteiger partial charge in [0.2, 0.25) is 0 Å². The Bertz CT molecular complexity index is 1340. The molecule has 0 aliphatic heterocycles. The number of primary amides is 1. The van der Waals surface area contributed by atoms with Crippen LogP contribution in [0.5, 0.6) is 5.75 Å². The third-order valence-corrected chi connectivity index (χ3v) is 6.03. The first-order valence-corrected chi connectivity index (χ1v) is 12.1. The van der Waals surface area contributed by atoms with Gasteiger partial charge in [0.05, 0.1) is 5.56 Å². The van der Waals surface area contributed by atoms with Crippen LogP contribution in [0, 0.1) is 0 Å². The first-order chi connectivity index (χ1) is 17.5. The van der Waals surface area contributed by atoms with Crippen LogP contribution >= 0.6 is 0 Å². The van der Waals surface area contributed by atoms with E-state index >= 15 is 0 Å². The molecule has 190 valence electrons. The van der Waals surface area contributed by atoms with Gasteiger partial charge < -0.3 is 15.9 Å². The number of hydrogen-bond donors (Lipinski definition) is 3. The van der Waals surface area contributed by atoms with E-state index in [2.05, 4.69) is 45.0 Å². The van der Waals surface area contributed by atoms with E-state index in [9.17, 15) is 14.7 Å². The fourth-order valence-corrected chi connectivity index (χ4v) is 3.82. The summed E-state index contributed by atoms with van der Waals surface area (Å²) in [7, 11) is 0. The van der Waals surface area contributed by atoms with E-state index in [1.807, 2.05) is 54.6 Å². The molecule has 0 saturated carbocycles. The van der Waals surface area contributed by atoms with Crippen LogP contribution in [0.2, 0.25) is 0 Å². The Morgan fingerprint density at radius 3 is 1.78 bits per heavy atom. The number of carboxylic acids is 1. The predicted molar refractivity (Wildman–Crippen MR) is 149 cm³/mol. The lowest BCUT2D eigenvalue weighted by Crippen LogP contribution is -2.11. The molecule has 0 radical (unpaired) electrons. The molecule has 1 amide bonds. The van der Waals surface area contributed by atoms with Crippen molar-refractivity contribution in [2.45, 2.75) is 39.0 Å². The van der Waals surface area contributed by atoms with Crippen molar-refractivity contribution in [3.05, 3.63) is 114 Å². The van der Waals surface area contributed by atoms with E-state index in [4.69, 9.17) is 10.8 Å². The van der Waals surface area contributed by atoms with Crippen LogP contribution in [0.1, 0.15) is 48.7 Å². The molecule has 0 saturated heterocycles. The standard InChI is InChI=1S/C17H19NO2.C15H14O2/c1-17(2,3)13-7-4-11(5-8-13)12-6-9-15(19)14(10-12)16(18)20;16-15(17)11-8-12-6-9-14(10-7-12)13-4-2-1-3-5-13/h4-10,19H,1-3H3,(H2,18,20);1-7,9-10H,8,11H2,(H,16,17). The second-order valence-corrected chi connectivity index (χ2v) is 9.88. The number of phenols is 1. The number of hydrogen-bond acceptors (Lipinski definition) is 3. The van der Waals surface area contributed by atoms with Crippen LogP contribution in [-0.4, -0.2) is 22.1 Å². The van der Waals surface area contributed by atoms with Gasteiger partial charge in [-0.3, -0.25) is 9.59 Å². The third-order valence-electron chi connectivity index (χ3n) is 6.03. The Morgan fingerprint density at radius 2 is 1.24 bits per heavy atom. The Labute approximate surface area is 218 Å². The second-order valence-electron chi connectivity index (χ2n) is 9.88. The molecule has 0 unspecified atom stereocenters. The van der Waals surface area contributed by atoms with Crippen LogP contribution in [0.4, 0.5) is 0 Å². The predicted octanol–water partition coefficient (Wildman–Crippen LogP) is 6.83. The number of aliphatic carboxylic acids is 1. The summed E-state index contributed by atoms with van der Waals surface area (Å²) >= 11 is 0. The second kappa shape index (κ2) is 12.0. The molecule has 0 aliphatic carbocycles. The molecule has 0 heterocycles. The van der Waals surface area contributed by atoms with E-state index in [0.29, 0.717) is 6.42 Å². The van der Waals surface area contributed by atoms with E-state index in [-0.39, 0.29) is 23.1 Å². The first kappa shape index (κ1) is 27.2. The molecular formula is C32H33NO4. The molecule has 4 aromatic rings. The largest absolute Gasteiger partial charge is 0.507 e. The molecule has 0 spiro atoms. The van der Waals surface area contributed by atoms with Crippen LogP contribution in [0.15, 0.2) is 97.1 Å². The molecule has 0 bridgehead atoms. The molecule has 5 nitrogen and oxygen atoms in total. The molecule has 4 N–H and O–H groups in total. The van der Waals surface area contributed by atoms with Gasteiger partial charge in [-0.05, 0) is 57.3 Å². The highest BCUT2D eigenvalue weighted by Crippen LogP contribution is 2.29. The lowest BCUT2D eigenvalue weighted by Gasteiger charge is -2.19. The van der Waals surface area contributed by atoms with Gasteiger partial charge in [-0.1, -0.05) is 106 Å². The Hall–Kier alpha value is -4.38. The van der Waals surface area contributed by atoms with Gasteiger partial charge in [0.15, 0.2) is 0 Å². The summed E-state index contributed by atoms with van der Waals surface area (Å²) in [6.07, 6.45) is 0.773. The average Bonchev–Trinajstić information content (AvgIpc) is 2.88. The fourth-order valence-electron chi connectivity index (χ4n) is 3.82. The topological polar surface area (TPSA) is 101 Å². The normalized spacial score (nSPS) is 10.8. The minimum Gasteiger partial charge on any atom is -0.507 e. The van der Waals surface area contributed by atoms with Gasteiger partial charge in [0.25, 0.3) is 5.91 Å². The number of benzene rings is 4. The maximum Gasteiger partial charge on any atom is 0.303 e. The number of carbonyl (C=O) groups is 2. The van der Waals surface area contributed by atoms with Gasteiger partial charge >= 0.3 is 5.97 Å². The van der Waals surface area contributed by atoms with Crippen molar-refractivity contribution in [3.63, 3.8) is 0 Å². The highest BCUT2D eigenvalue weighted by Gasteiger charge is 2.14. The highest BCUT2D eigenvalue weighted by atomic mass is 16.4. The van der Waals surface area contributed by atoms with E-state index in [1.165, 1.54) is 17.2 Å². The summed E-state index contributed by atoms with van der Waals surface area (Å²) < 4.78 is 0. The number of aromatic hydroxyl groups is 1. The van der Waals surface area contributed by atoms with Crippen LogP contribution in [0.3, 0.4) is 0 Å². The summed E-state index contributed by atoms with van der Waals surface area (Å²) in [6, 6.07) is 31.2. The number of amides is 1. The lowest BCUT2D eigenvalue weighted by molar-refractivity contribution is -0.136. The van der Waals surface area contributed by atoms with Crippen molar-refractivity contribution >= 4 is 11.9 Å². The van der Waals surface area contributed by atoms with Crippen LogP contribution < -0.4 is 5.73 Å². The van der Waals surface area contributed by atoms with E-state index in [0.717, 1.165) is 22.3 Å². The number of rotatable bonds is 6. The molecule has 0 atom stereocenters. The molecule has 4 aromatic carbocycles. The van der Waals surface area contributed by atoms with Crippen LogP contribution in [0.25, 0.3) is 22.3 Å². The summed E-state index contributed by atoms with van der Waals surface area (Å²) in [4.78, 5) is 21.7. The maximum atomic E-state index is 11.3. The number of aryl methyl sites for hydroxylation is 1. The van der Waals surface area contributed by atoms with Crippen molar-refractivity contribution in [2.24, 2.45) is 5.73 Å². The summed E-state index contributed by atoms with van der Waals surface area (Å²) in [6.45, 7) is 6.48. The number of carboxylic acid groups (broad SMARTS) is 1. The van der Waals surface area contributed by atoms with Gasteiger partial charge in [-0.25, -0.2) is 0 Å². The Balaban J connectivity index is 0.000000208. The minimum atomic E-state index is -0.753. The number of nitrogens with two attached hydrogens (primary N) is 1. The SMILES string of the molecule is CC(C)(C)c1ccc(-c2ccc(O)c(C(N)=O)c2)cc1.O=C(O)CCc1ccc(-c2ccccc2)cc1. The Morgan fingerprint density at radius 1 is 0.730 bits per heavy atom.